The molecule has 0 aliphatic carbocycles. The number of anilines is 1. The molecule has 0 aliphatic rings. The van der Waals surface area contributed by atoms with Crippen molar-refractivity contribution in [1.82, 2.24) is 9.97 Å². The third-order valence-corrected chi connectivity index (χ3v) is 3.76. The number of rotatable bonds is 3. The van der Waals surface area contributed by atoms with Gasteiger partial charge in [-0.3, -0.25) is 0 Å². The van der Waals surface area contributed by atoms with E-state index >= 15 is 0 Å². The van der Waals surface area contributed by atoms with Crippen molar-refractivity contribution < 1.29 is 4.74 Å². The molecule has 1 aromatic heterocycles. The zero-order chi connectivity index (χ0) is 13.9. The second-order valence-corrected chi connectivity index (χ2v) is 5.31. The predicted octanol–water partition coefficient (Wildman–Crippen LogP) is 3.37. The van der Waals surface area contributed by atoms with Gasteiger partial charge in [0.15, 0.2) is 0 Å². The molecule has 0 radical (unpaired) electrons. The van der Waals surface area contributed by atoms with Crippen LogP contribution in [-0.2, 0) is 0 Å². The zero-order valence-electron chi connectivity index (χ0n) is 10.9. The van der Waals surface area contributed by atoms with Gasteiger partial charge in [0.2, 0.25) is 11.8 Å². The van der Waals surface area contributed by atoms with Crippen LogP contribution in [0.1, 0.15) is 0 Å². The number of methoxy groups -OCH3 is 1. The summed E-state index contributed by atoms with van der Waals surface area (Å²) in [5, 5.41) is 3.19. The predicted molar refractivity (Wildman–Crippen MR) is 81.1 cm³/mol. The fourth-order valence-corrected chi connectivity index (χ4v) is 2.79. The van der Waals surface area contributed by atoms with Crippen molar-refractivity contribution in [3.05, 3.63) is 48.5 Å². The quantitative estimate of drug-likeness (QED) is 0.747. The highest BCUT2D eigenvalue weighted by Gasteiger charge is 2.05. The molecule has 0 saturated heterocycles. The first-order valence-electron chi connectivity index (χ1n) is 6.10. The van der Waals surface area contributed by atoms with Gasteiger partial charge in [0.1, 0.15) is 5.03 Å². The molecule has 5 heteroatoms. The van der Waals surface area contributed by atoms with E-state index in [1.54, 1.807) is 13.2 Å². The molecule has 0 spiro atoms. The van der Waals surface area contributed by atoms with Gasteiger partial charge in [0, 0.05) is 11.0 Å². The van der Waals surface area contributed by atoms with Gasteiger partial charge >= 0.3 is 0 Å². The van der Waals surface area contributed by atoms with E-state index in [1.165, 1.54) is 22.5 Å². The molecule has 0 amide bonds. The van der Waals surface area contributed by atoms with E-state index in [1.807, 2.05) is 12.1 Å². The third kappa shape index (κ3) is 2.67. The first-order valence-corrected chi connectivity index (χ1v) is 6.91. The Morgan fingerprint density at radius 3 is 2.60 bits per heavy atom. The van der Waals surface area contributed by atoms with Crippen molar-refractivity contribution in [2.24, 2.45) is 0 Å². The van der Waals surface area contributed by atoms with E-state index in [0.717, 1.165) is 9.92 Å². The van der Waals surface area contributed by atoms with Crippen molar-refractivity contribution in [3.8, 4) is 5.88 Å². The molecule has 0 saturated carbocycles. The Labute approximate surface area is 121 Å². The van der Waals surface area contributed by atoms with Crippen molar-refractivity contribution in [1.29, 1.82) is 0 Å². The molecule has 2 N–H and O–H groups in total. The number of nitrogens with two attached hydrogens (primary N) is 1. The standard InChI is InChI=1S/C15H13N3OS/c1-19-13-9-14(18-15(16)17-13)20-12-7-6-10-4-2-3-5-11(10)8-12/h2-9H,1H3,(H2,16,17,18). The average molecular weight is 283 g/mol. The van der Waals surface area contributed by atoms with E-state index in [2.05, 4.69) is 40.3 Å². The summed E-state index contributed by atoms with van der Waals surface area (Å²) >= 11 is 1.54. The van der Waals surface area contributed by atoms with Crippen LogP contribution in [0.5, 0.6) is 5.88 Å². The Kier molecular flexibility index (Phi) is 3.43. The monoisotopic (exact) mass is 283 g/mol. The summed E-state index contributed by atoms with van der Waals surface area (Å²) in [5.41, 5.74) is 5.66. The molecular formula is C15H13N3OS. The van der Waals surface area contributed by atoms with Gasteiger partial charge in [-0.15, -0.1) is 0 Å². The number of ether oxygens (including phenoxy) is 1. The van der Waals surface area contributed by atoms with E-state index in [0.29, 0.717) is 5.88 Å². The summed E-state index contributed by atoms with van der Waals surface area (Å²) < 4.78 is 5.10. The summed E-state index contributed by atoms with van der Waals surface area (Å²) in [6, 6.07) is 16.3. The molecule has 4 nitrogen and oxygen atoms in total. The first-order chi connectivity index (χ1) is 9.74. The van der Waals surface area contributed by atoms with Crippen LogP contribution >= 0.6 is 11.8 Å². The van der Waals surface area contributed by atoms with Crippen LogP contribution in [0.3, 0.4) is 0 Å². The molecule has 0 fully saturated rings. The second-order valence-electron chi connectivity index (χ2n) is 4.22. The Balaban J connectivity index is 1.94. The maximum absolute atomic E-state index is 5.66. The number of nitrogens with zero attached hydrogens (tertiary/aromatic N) is 2. The van der Waals surface area contributed by atoms with Crippen molar-refractivity contribution in [2.45, 2.75) is 9.92 Å². The molecule has 2 aromatic carbocycles. The molecule has 1 heterocycles. The van der Waals surface area contributed by atoms with E-state index in [4.69, 9.17) is 10.5 Å². The summed E-state index contributed by atoms with van der Waals surface area (Å²) in [7, 11) is 1.56. The lowest BCUT2D eigenvalue weighted by molar-refractivity contribution is 0.396. The van der Waals surface area contributed by atoms with Gasteiger partial charge in [-0.2, -0.15) is 4.98 Å². The smallest absolute Gasteiger partial charge is 0.224 e. The van der Waals surface area contributed by atoms with Gasteiger partial charge in [0.25, 0.3) is 0 Å². The Morgan fingerprint density at radius 1 is 1.00 bits per heavy atom. The van der Waals surface area contributed by atoms with Crippen molar-refractivity contribution in [3.63, 3.8) is 0 Å². The topological polar surface area (TPSA) is 61.0 Å². The van der Waals surface area contributed by atoms with E-state index < -0.39 is 0 Å². The minimum Gasteiger partial charge on any atom is -0.481 e. The van der Waals surface area contributed by atoms with Gasteiger partial charge < -0.3 is 10.5 Å². The van der Waals surface area contributed by atoms with Crippen LogP contribution in [0.15, 0.2) is 58.5 Å². The lowest BCUT2D eigenvalue weighted by Gasteiger charge is -2.05. The Bertz CT molecular complexity index is 761. The van der Waals surface area contributed by atoms with Crippen LogP contribution in [0, 0.1) is 0 Å². The summed E-state index contributed by atoms with van der Waals surface area (Å²) in [6.07, 6.45) is 0. The number of aromatic nitrogens is 2. The highest BCUT2D eigenvalue weighted by atomic mass is 32.2. The number of hydrogen-bond donors (Lipinski definition) is 1. The fraction of sp³-hybridized carbons (Fsp3) is 0.0667. The maximum Gasteiger partial charge on any atom is 0.224 e. The molecular weight excluding hydrogens is 270 g/mol. The summed E-state index contributed by atoms with van der Waals surface area (Å²) in [5.74, 6) is 0.688. The SMILES string of the molecule is COc1cc(Sc2ccc3ccccc3c2)nc(N)n1. The molecule has 0 atom stereocenters. The minimum atomic E-state index is 0.215. The van der Waals surface area contributed by atoms with Crippen LogP contribution in [0.2, 0.25) is 0 Å². The van der Waals surface area contributed by atoms with Crippen molar-refractivity contribution >= 4 is 28.5 Å². The van der Waals surface area contributed by atoms with E-state index in [9.17, 15) is 0 Å². The lowest BCUT2D eigenvalue weighted by atomic mass is 10.1. The first kappa shape index (κ1) is 12.7. The zero-order valence-corrected chi connectivity index (χ0v) is 11.7. The van der Waals surface area contributed by atoms with Gasteiger partial charge in [0.05, 0.1) is 7.11 Å². The van der Waals surface area contributed by atoms with Crippen LogP contribution in [0.4, 0.5) is 5.95 Å². The molecule has 20 heavy (non-hydrogen) atoms. The number of benzene rings is 2. The normalized spacial score (nSPS) is 10.7. The summed E-state index contributed by atoms with van der Waals surface area (Å²) in [4.78, 5) is 9.28. The highest BCUT2D eigenvalue weighted by molar-refractivity contribution is 7.99. The Morgan fingerprint density at radius 2 is 1.80 bits per heavy atom. The number of hydrogen-bond acceptors (Lipinski definition) is 5. The third-order valence-electron chi connectivity index (χ3n) is 2.85. The van der Waals surface area contributed by atoms with Gasteiger partial charge in [-0.1, -0.05) is 42.1 Å². The average Bonchev–Trinajstić information content (AvgIpc) is 2.46. The molecule has 100 valence electrons. The van der Waals surface area contributed by atoms with E-state index in [-0.39, 0.29) is 5.95 Å². The molecule has 0 bridgehead atoms. The largest absolute Gasteiger partial charge is 0.481 e. The number of fused-ring (bicyclic) bond motifs is 1. The number of nitrogen functional groups attached to an aromatic ring is 1. The maximum atomic E-state index is 5.66. The fourth-order valence-electron chi connectivity index (χ4n) is 1.93. The van der Waals surface area contributed by atoms with Crippen LogP contribution < -0.4 is 10.5 Å². The minimum absolute atomic E-state index is 0.215. The molecule has 0 aliphatic heterocycles. The molecule has 3 rings (SSSR count). The van der Waals surface area contributed by atoms with Crippen LogP contribution in [-0.4, -0.2) is 17.1 Å². The second kappa shape index (κ2) is 5.38. The Hall–Kier alpha value is -2.27. The van der Waals surface area contributed by atoms with Crippen LogP contribution in [0.25, 0.3) is 10.8 Å². The van der Waals surface area contributed by atoms with Gasteiger partial charge in [-0.25, -0.2) is 4.98 Å². The molecule has 0 unspecified atom stereocenters. The van der Waals surface area contributed by atoms with Crippen molar-refractivity contribution in [2.75, 3.05) is 12.8 Å². The molecule has 3 aromatic rings. The van der Waals surface area contributed by atoms with Gasteiger partial charge in [-0.05, 0) is 22.9 Å². The highest BCUT2D eigenvalue weighted by Crippen LogP contribution is 2.30. The lowest BCUT2D eigenvalue weighted by Crippen LogP contribution is -1.98. The summed E-state index contributed by atoms with van der Waals surface area (Å²) in [6.45, 7) is 0.